The number of carbonyl (C=O) groups is 3. The summed E-state index contributed by atoms with van der Waals surface area (Å²) in [5.74, 6) is -1.82. The number of carboxylic acid groups (broad SMARTS) is 1. The first kappa shape index (κ1) is 25.2. The summed E-state index contributed by atoms with van der Waals surface area (Å²) in [6.07, 6.45) is -1.40. The number of amides is 2. The summed E-state index contributed by atoms with van der Waals surface area (Å²) < 4.78 is 10.6. The van der Waals surface area contributed by atoms with E-state index in [2.05, 4.69) is 22.8 Å². The fourth-order valence-corrected chi connectivity index (χ4v) is 4.19. The molecule has 0 saturated carbocycles. The Morgan fingerprint density at radius 3 is 2.00 bits per heavy atom. The van der Waals surface area contributed by atoms with Crippen molar-refractivity contribution < 1.29 is 29.0 Å². The van der Waals surface area contributed by atoms with E-state index in [-0.39, 0.29) is 24.9 Å². The number of ether oxygens (including phenoxy) is 2. The minimum absolute atomic E-state index is 0.0641. The van der Waals surface area contributed by atoms with Crippen LogP contribution < -0.4 is 10.6 Å². The van der Waals surface area contributed by atoms with Crippen molar-refractivity contribution in [1.29, 1.82) is 0 Å². The van der Waals surface area contributed by atoms with Gasteiger partial charge in [-0.05, 0) is 35.1 Å². The van der Waals surface area contributed by atoms with Crippen LogP contribution >= 0.6 is 0 Å². The second kappa shape index (κ2) is 11.2. The number of hydrogen-bond donors (Lipinski definition) is 3. The molecule has 0 saturated heterocycles. The lowest BCUT2D eigenvalue weighted by atomic mass is 9.98. The first-order valence-electron chi connectivity index (χ1n) is 11.4. The zero-order chi connectivity index (χ0) is 24.8. The van der Waals surface area contributed by atoms with Crippen LogP contribution in [0.15, 0.2) is 48.5 Å². The Kier molecular flexibility index (Phi) is 8.28. The van der Waals surface area contributed by atoms with Crippen LogP contribution in [0.1, 0.15) is 44.2 Å². The third-order valence-electron chi connectivity index (χ3n) is 6.28. The highest BCUT2D eigenvalue weighted by Gasteiger charge is 2.31. The van der Waals surface area contributed by atoms with E-state index in [1.54, 1.807) is 6.92 Å². The van der Waals surface area contributed by atoms with Crippen LogP contribution in [0.25, 0.3) is 11.1 Å². The van der Waals surface area contributed by atoms with Gasteiger partial charge in [0.2, 0.25) is 5.91 Å². The number of hydrogen-bond acceptors (Lipinski definition) is 5. The summed E-state index contributed by atoms with van der Waals surface area (Å²) in [6, 6.07) is 14.4. The molecule has 0 bridgehead atoms. The van der Waals surface area contributed by atoms with E-state index in [4.69, 9.17) is 9.47 Å². The quantitative estimate of drug-likeness (QED) is 0.491. The van der Waals surface area contributed by atoms with E-state index >= 15 is 0 Å². The van der Waals surface area contributed by atoms with Gasteiger partial charge < -0.3 is 25.2 Å². The van der Waals surface area contributed by atoms with Gasteiger partial charge in [-0.3, -0.25) is 4.79 Å². The molecule has 0 aliphatic heterocycles. The molecule has 3 atom stereocenters. The van der Waals surface area contributed by atoms with E-state index in [1.807, 2.05) is 50.2 Å². The fourth-order valence-electron chi connectivity index (χ4n) is 4.19. The maximum atomic E-state index is 12.6. The highest BCUT2D eigenvalue weighted by Crippen LogP contribution is 2.44. The Balaban J connectivity index is 1.60. The summed E-state index contributed by atoms with van der Waals surface area (Å²) in [7, 11) is 1.38. The van der Waals surface area contributed by atoms with Crippen molar-refractivity contribution in [2.45, 2.75) is 51.3 Å². The van der Waals surface area contributed by atoms with Crippen molar-refractivity contribution in [1.82, 2.24) is 10.6 Å². The largest absolute Gasteiger partial charge is 0.480 e. The summed E-state index contributed by atoms with van der Waals surface area (Å²) in [5, 5.41) is 14.6. The van der Waals surface area contributed by atoms with Crippen LogP contribution in [-0.2, 0) is 19.1 Å². The van der Waals surface area contributed by atoms with Gasteiger partial charge in [0.15, 0.2) is 6.04 Å². The highest BCUT2D eigenvalue weighted by molar-refractivity contribution is 5.84. The lowest BCUT2D eigenvalue weighted by molar-refractivity contribution is -0.145. The van der Waals surface area contributed by atoms with Gasteiger partial charge >= 0.3 is 12.1 Å². The molecule has 3 unspecified atom stereocenters. The van der Waals surface area contributed by atoms with Gasteiger partial charge in [0.1, 0.15) is 6.61 Å². The van der Waals surface area contributed by atoms with E-state index in [1.165, 1.54) is 7.11 Å². The zero-order valence-corrected chi connectivity index (χ0v) is 19.9. The van der Waals surface area contributed by atoms with Crippen molar-refractivity contribution in [3.8, 4) is 11.1 Å². The Morgan fingerprint density at radius 1 is 0.941 bits per heavy atom. The van der Waals surface area contributed by atoms with Gasteiger partial charge in [-0.15, -0.1) is 0 Å². The highest BCUT2D eigenvalue weighted by atomic mass is 16.5. The molecule has 2 aromatic rings. The second-order valence-corrected chi connectivity index (χ2v) is 8.85. The van der Waals surface area contributed by atoms with Crippen molar-refractivity contribution in [2.75, 3.05) is 13.7 Å². The summed E-state index contributed by atoms with van der Waals surface area (Å²) in [5.41, 5.74) is 4.51. The second-order valence-electron chi connectivity index (χ2n) is 8.85. The lowest BCUT2D eigenvalue weighted by Crippen LogP contribution is -2.50. The maximum Gasteiger partial charge on any atom is 0.407 e. The van der Waals surface area contributed by atoms with Gasteiger partial charge in [0, 0.05) is 25.5 Å². The van der Waals surface area contributed by atoms with Crippen LogP contribution in [0.4, 0.5) is 4.79 Å². The molecule has 1 aliphatic rings. The van der Waals surface area contributed by atoms with Crippen molar-refractivity contribution in [2.24, 2.45) is 5.92 Å². The number of alkyl carbamates (subject to hydrolysis) is 1. The standard InChI is InChI=1S/C26H32N2O6/c1-15(2)22(13-23(29)28-24(25(30)31)16(3)33-4)27-26(32)34-14-21-19-11-7-5-9-17(19)18-10-6-8-12-20(18)21/h5-12,15-16,21-22,24H,13-14H2,1-4H3,(H,27,32)(H,28,29)(H,30,31). The van der Waals surface area contributed by atoms with E-state index < -0.39 is 36.2 Å². The Labute approximate surface area is 199 Å². The van der Waals surface area contributed by atoms with Crippen LogP contribution in [0.3, 0.4) is 0 Å². The Hall–Kier alpha value is -3.39. The third-order valence-corrected chi connectivity index (χ3v) is 6.28. The number of methoxy groups -OCH3 is 1. The molecule has 3 rings (SSSR count). The number of nitrogens with one attached hydrogen (secondary N) is 2. The average molecular weight is 469 g/mol. The molecule has 34 heavy (non-hydrogen) atoms. The van der Waals surface area contributed by atoms with Gasteiger partial charge in [0.25, 0.3) is 0 Å². The van der Waals surface area contributed by atoms with Gasteiger partial charge in [-0.2, -0.15) is 0 Å². The van der Waals surface area contributed by atoms with Crippen LogP contribution in [0, 0.1) is 5.92 Å². The zero-order valence-electron chi connectivity index (χ0n) is 19.9. The monoisotopic (exact) mass is 468 g/mol. The minimum atomic E-state index is -1.19. The van der Waals surface area contributed by atoms with Crippen LogP contribution in [-0.4, -0.2) is 55.0 Å². The van der Waals surface area contributed by atoms with E-state index in [9.17, 15) is 19.5 Å². The number of carbonyl (C=O) groups excluding carboxylic acids is 2. The van der Waals surface area contributed by atoms with Crippen molar-refractivity contribution in [3.05, 3.63) is 59.7 Å². The topological polar surface area (TPSA) is 114 Å². The average Bonchev–Trinajstić information content (AvgIpc) is 3.13. The molecule has 2 amide bonds. The Morgan fingerprint density at radius 2 is 1.50 bits per heavy atom. The van der Waals surface area contributed by atoms with Crippen LogP contribution in [0.5, 0.6) is 0 Å². The summed E-state index contributed by atoms with van der Waals surface area (Å²) >= 11 is 0. The molecule has 0 fully saturated rings. The SMILES string of the molecule is COC(C)C(NC(=O)CC(NC(=O)OCC1c2ccccc2-c2ccccc21)C(C)C)C(=O)O. The normalized spacial score (nSPS) is 15.1. The third kappa shape index (κ3) is 5.75. The molecular weight excluding hydrogens is 436 g/mol. The summed E-state index contributed by atoms with van der Waals surface area (Å²) in [4.78, 5) is 36.6. The van der Waals surface area contributed by atoms with Crippen molar-refractivity contribution in [3.63, 3.8) is 0 Å². The molecule has 0 spiro atoms. The van der Waals surface area contributed by atoms with Gasteiger partial charge in [0.05, 0.1) is 6.10 Å². The predicted molar refractivity (Wildman–Crippen MR) is 127 cm³/mol. The number of carboxylic acids is 1. The number of aliphatic carboxylic acids is 1. The van der Waals surface area contributed by atoms with Crippen molar-refractivity contribution >= 4 is 18.0 Å². The molecule has 1 aliphatic carbocycles. The van der Waals surface area contributed by atoms with E-state index in [0.29, 0.717) is 0 Å². The lowest BCUT2D eigenvalue weighted by Gasteiger charge is -2.25. The first-order valence-corrected chi connectivity index (χ1v) is 11.4. The van der Waals surface area contributed by atoms with Crippen LogP contribution in [0.2, 0.25) is 0 Å². The molecule has 182 valence electrons. The maximum absolute atomic E-state index is 12.6. The molecule has 8 heteroatoms. The smallest absolute Gasteiger partial charge is 0.407 e. The number of rotatable bonds is 10. The molecule has 8 nitrogen and oxygen atoms in total. The van der Waals surface area contributed by atoms with Gasteiger partial charge in [-0.1, -0.05) is 62.4 Å². The number of benzene rings is 2. The molecule has 0 heterocycles. The minimum Gasteiger partial charge on any atom is -0.480 e. The number of fused-ring (bicyclic) bond motifs is 3. The first-order chi connectivity index (χ1) is 16.2. The summed E-state index contributed by atoms with van der Waals surface area (Å²) in [6.45, 7) is 5.47. The molecule has 3 N–H and O–H groups in total. The molecule has 2 aromatic carbocycles. The fraction of sp³-hybridized carbons (Fsp3) is 0.423. The Bertz CT molecular complexity index is 992. The molecule has 0 radical (unpaired) electrons. The predicted octanol–water partition coefficient (Wildman–Crippen LogP) is 3.54. The molecule has 0 aromatic heterocycles. The van der Waals surface area contributed by atoms with E-state index in [0.717, 1.165) is 22.3 Å². The van der Waals surface area contributed by atoms with Gasteiger partial charge in [-0.25, -0.2) is 9.59 Å². The molecular formula is C26H32N2O6.